The van der Waals surface area contributed by atoms with E-state index >= 15 is 0 Å². The highest BCUT2D eigenvalue weighted by atomic mass is 32.2. The van der Waals surface area contributed by atoms with Gasteiger partial charge >= 0.3 is 0 Å². The van der Waals surface area contributed by atoms with Gasteiger partial charge in [0.05, 0.1) is 36.8 Å². The number of hydrogen-bond acceptors (Lipinski definition) is 8. The number of anilines is 1. The van der Waals surface area contributed by atoms with Crippen molar-refractivity contribution in [1.82, 2.24) is 8.61 Å². The van der Waals surface area contributed by atoms with E-state index in [1.807, 2.05) is 29.2 Å². The summed E-state index contributed by atoms with van der Waals surface area (Å²) in [5.74, 6) is 2.02. The van der Waals surface area contributed by atoms with Crippen LogP contribution in [0.5, 0.6) is 17.2 Å². The number of fused-ring (bicyclic) bond motifs is 1. The number of hydrogen-bond donors (Lipinski definition) is 0. The molecular formula is C31H39N3O7S2. The van der Waals surface area contributed by atoms with E-state index in [0.717, 1.165) is 16.7 Å². The van der Waals surface area contributed by atoms with Crippen LogP contribution in [-0.2, 0) is 33.0 Å². The van der Waals surface area contributed by atoms with Crippen LogP contribution in [0.3, 0.4) is 0 Å². The second kappa shape index (κ2) is 12.4. The van der Waals surface area contributed by atoms with Crippen molar-refractivity contribution in [2.75, 3.05) is 59.0 Å². The third-order valence-corrected chi connectivity index (χ3v) is 12.0. The van der Waals surface area contributed by atoms with Crippen molar-refractivity contribution in [3.8, 4) is 17.2 Å². The molecule has 12 heteroatoms. The second-order valence-corrected chi connectivity index (χ2v) is 14.9. The zero-order valence-corrected chi connectivity index (χ0v) is 26.9. The first-order valence-electron chi connectivity index (χ1n) is 14.3. The molecule has 0 radical (unpaired) electrons. The quantitative estimate of drug-likeness (QED) is 0.349. The number of rotatable bonds is 9. The molecule has 0 spiro atoms. The minimum Gasteiger partial charge on any atom is -0.495 e. The fourth-order valence-corrected chi connectivity index (χ4v) is 8.49. The molecule has 0 amide bonds. The van der Waals surface area contributed by atoms with Crippen molar-refractivity contribution >= 4 is 25.7 Å². The molecule has 0 unspecified atom stereocenters. The Morgan fingerprint density at radius 1 is 0.628 bits per heavy atom. The predicted octanol–water partition coefficient (Wildman–Crippen LogP) is 4.09. The third-order valence-electron chi connectivity index (χ3n) is 8.23. The van der Waals surface area contributed by atoms with E-state index < -0.39 is 20.0 Å². The van der Waals surface area contributed by atoms with Crippen LogP contribution in [0.1, 0.15) is 36.5 Å². The molecular weight excluding hydrogens is 590 g/mol. The summed E-state index contributed by atoms with van der Waals surface area (Å²) in [6.45, 7) is 6.00. The lowest BCUT2D eigenvalue weighted by molar-refractivity contribution is 0.348. The summed E-state index contributed by atoms with van der Waals surface area (Å²) in [4.78, 5) is 2.41. The Kier molecular flexibility index (Phi) is 8.94. The van der Waals surface area contributed by atoms with Gasteiger partial charge in [-0.3, -0.25) is 0 Å². The summed E-state index contributed by atoms with van der Waals surface area (Å²) in [5.41, 5.74) is 3.60. The standard InChI is InChI=1S/C31H39N3O7S2/c1-22(2)23-6-8-26(9-7-23)42(35,36)33-16-14-32(15-17-33)28-20-27(10-11-29(28)39-3)43(37,38)34-13-12-24-18-30(40-4)31(41-5)19-25(24)21-34/h6-11,18-20,22H,12-17,21H2,1-5H3. The molecule has 232 valence electrons. The lowest BCUT2D eigenvalue weighted by atomic mass is 10.0. The summed E-state index contributed by atoms with van der Waals surface area (Å²) in [6, 6.07) is 15.6. The van der Waals surface area contributed by atoms with Crippen LogP contribution < -0.4 is 19.1 Å². The fraction of sp³-hybridized carbons (Fsp3) is 0.419. The van der Waals surface area contributed by atoms with Crippen molar-refractivity contribution in [2.45, 2.75) is 42.5 Å². The van der Waals surface area contributed by atoms with Crippen LogP contribution in [0.15, 0.2) is 64.4 Å². The van der Waals surface area contributed by atoms with Gasteiger partial charge in [0.25, 0.3) is 0 Å². The Bertz CT molecular complexity index is 1680. The lowest BCUT2D eigenvalue weighted by Crippen LogP contribution is -2.48. The van der Waals surface area contributed by atoms with Gasteiger partial charge in [0.15, 0.2) is 11.5 Å². The van der Waals surface area contributed by atoms with E-state index in [4.69, 9.17) is 14.2 Å². The van der Waals surface area contributed by atoms with Crippen molar-refractivity contribution in [2.24, 2.45) is 0 Å². The van der Waals surface area contributed by atoms with Gasteiger partial charge in [0.1, 0.15) is 5.75 Å². The van der Waals surface area contributed by atoms with Gasteiger partial charge in [0.2, 0.25) is 20.0 Å². The van der Waals surface area contributed by atoms with Crippen LogP contribution in [0.2, 0.25) is 0 Å². The first-order chi connectivity index (χ1) is 20.5. The summed E-state index contributed by atoms with van der Waals surface area (Å²) in [6.07, 6.45) is 0.550. The lowest BCUT2D eigenvalue weighted by Gasteiger charge is -2.36. The molecule has 2 aliphatic heterocycles. The summed E-state index contributed by atoms with van der Waals surface area (Å²) in [5, 5.41) is 0. The Hall–Kier alpha value is -3.32. The number of methoxy groups -OCH3 is 3. The average Bonchev–Trinajstić information content (AvgIpc) is 3.03. The minimum absolute atomic E-state index is 0.160. The molecule has 43 heavy (non-hydrogen) atoms. The van der Waals surface area contributed by atoms with Crippen LogP contribution in [0, 0.1) is 0 Å². The molecule has 2 aliphatic rings. The van der Waals surface area contributed by atoms with Gasteiger partial charge in [-0.1, -0.05) is 26.0 Å². The van der Waals surface area contributed by atoms with E-state index in [0.29, 0.717) is 54.9 Å². The normalized spacial score (nSPS) is 16.7. The van der Waals surface area contributed by atoms with E-state index in [-0.39, 0.29) is 29.4 Å². The molecule has 10 nitrogen and oxygen atoms in total. The number of sulfonamides is 2. The molecule has 2 heterocycles. The maximum Gasteiger partial charge on any atom is 0.243 e. The molecule has 5 rings (SSSR count). The smallest absolute Gasteiger partial charge is 0.243 e. The topological polar surface area (TPSA) is 106 Å². The predicted molar refractivity (Wildman–Crippen MR) is 165 cm³/mol. The summed E-state index contributed by atoms with van der Waals surface area (Å²) < 4.78 is 73.7. The van der Waals surface area contributed by atoms with Crippen LogP contribution >= 0.6 is 0 Å². The molecule has 0 aliphatic carbocycles. The molecule has 0 N–H and O–H groups in total. The van der Waals surface area contributed by atoms with E-state index in [2.05, 4.69) is 13.8 Å². The highest BCUT2D eigenvalue weighted by Gasteiger charge is 2.33. The Morgan fingerprint density at radius 3 is 1.77 bits per heavy atom. The van der Waals surface area contributed by atoms with Gasteiger partial charge in [-0.05, 0) is 71.5 Å². The molecule has 1 fully saturated rings. The van der Waals surface area contributed by atoms with Gasteiger partial charge in [0, 0.05) is 39.3 Å². The van der Waals surface area contributed by atoms with Gasteiger partial charge < -0.3 is 19.1 Å². The maximum absolute atomic E-state index is 13.8. The van der Waals surface area contributed by atoms with Crippen LogP contribution in [-0.4, -0.2) is 79.5 Å². The molecule has 1 saturated heterocycles. The summed E-state index contributed by atoms with van der Waals surface area (Å²) in [7, 11) is -2.81. The van der Waals surface area contributed by atoms with Crippen molar-refractivity contribution < 1.29 is 31.0 Å². The number of piperazine rings is 1. The Labute approximate surface area is 254 Å². The SMILES string of the molecule is COc1cc2c(cc1OC)CN(S(=O)(=O)c1ccc(OC)c(N3CCN(S(=O)(=O)c4ccc(C(C)C)cc4)CC3)c1)CC2. The highest BCUT2D eigenvalue weighted by Crippen LogP contribution is 2.37. The highest BCUT2D eigenvalue weighted by molar-refractivity contribution is 7.89. The molecule has 0 bridgehead atoms. The van der Waals surface area contributed by atoms with E-state index in [1.54, 1.807) is 44.6 Å². The zero-order valence-electron chi connectivity index (χ0n) is 25.2. The molecule has 0 atom stereocenters. The van der Waals surface area contributed by atoms with Gasteiger partial charge in [-0.15, -0.1) is 0 Å². The Morgan fingerprint density at radius 2 is 1.19 bits per heavy atom. The maximum atomic E-state index is 13.8. The van der Waals surface area contributed by atoms with E-state index in [9.17, 15) is 16.8 Å². The zero-order chi connectivity index (χ0) is 30.9. The number of benzene rings is 3. The fourth-order valence-electron chi connectivity index (χ4n) is 5.63. The van der Waals surface area contributed by atoms with Crippen LogP contribution in [0.4, 0.5) is 5.69 Å². The van der Waals surface area contributed by atoms with Crippen molar-refractivity contribution in [3.63, 3.8) is 0 Å². The van der Waals surface area contributed by atoms with Crippen molar-refractivity contribution in [3.05, 3.63) is 71.3 Å². The minimum atomic E-state index is -3.83. The van der Waals surface area contributed by atoms with Crippen LogP contribution in [0.25, 0.3) is 0 Å². The molecule has 0 saturated carbocycles. The monoisotopic (exact) mass is 629 g/mol. The third kappa shape index (κ3) is 6.06. The number of nitrogens with zero attached hydrogens (tertiary/aromatic N) is 3. The van der Waals surface area contributed by atoms with Crippen molar-refractivity contribution in [1.29, 1.82) is 0 Å². The average molecular weight is 630 g/mol. The number of ether oxygens (including phenoxy) is 3. The summed E-state index contributed by atoms with van der Waals surface area (Å²) >= 11 is 0. The van der Waals surface area contributed by atoms with Gasteiger partial charge in [-0.25, -0.2) is 16.8 Å². The molecule has 0 aromatic heterocycles. The van der Waals surface area contributed by atoms with Gasteiger partial charge in [-0.2, -0.15) is 8.61 Å². The first-order valence-corrected chi connectivity index (χ1v) is 17.1. The molecule has 3 aromatic rings. The second-order valence-electron chi connectivity index (χ2n) is 11.0. The molecule has 3 aromatic carbocycles. The first kappa shape index (κ1) is 31.1. The van der Waals surface area contributed by atoms with E-state index in [1.165, 1.54) is 15.7 Å². The Balaban J connectivity index is 1.34. The largest absolute Gasteiger partial charge is 0.495 e.